The Morgan fingerprint density at radius 1 is 1.03 bits per heavy atom. The minimum atomic E-state index is -3.72. The molecule has 0 radical (unpaired) electrons. The lowest BCUT2D eigenvalue weighted by Crippen LogP contribution is -2.51. The van der Waals surface area contributed by atoms with Crippen LogP contribution in [0.15, 0.2) is 47.4 Å². The van der Waals surface area contributed by atoms with Crippen molar-refractivity contribution in [2.24, 2.45) is 0 Å². The van der Waals surface area contributed by atoms with Crippen LogP contribution in [-0.4, -0.2) is 80.5 Å². The molecule has 0 spiro atoms. The van der Waals surface area contributed by atoms with Crippen molar-refractivity contribution in [3.05, 3.63) is 63.7 Å². The molecule has 33 heavy (non-hydrogen) atoms. The number of non-ortho nitro benzene ring substituents is 1. The SMILES string of the molecule is CS(=O)(=O)c1cc(C(=O)N2CCN(CC(=O)N3CCc4ccccc43)CC2)cc([N+](=O)[O-])c1. The highest BCUT2D eigenvalue weighted by atomic mass is 32.2. The lowest BCUT2D eigenvalue weighted by Gasteiger charge is -2.35. The average Bonchev–Trinajstić information content (AvgIpc) is 3.22. The third kappa shape index (κ3) is 4.88. The second-order valence-electron chi connectivity index (χ2n) is 8.24. The molecule has 2 amide bonds. The van der Waals surface area contributed by atoms with Gasteiger partial charge in [0.2, 0.25) is 5.91 Å². The van der Waals surface area contributed by atoms with Gasteiger partial charge in [-0.25, -0.2) is 8.42 Å². The average molecular weight is 473 g/mol. The molecule has 1 saturated heterocycles. The second kappa shape index (κ2) is 8.91. The smallest absolute Gasteiger partial charge is 0.271 e. The lowest BCUT2D eigenvalue weighted by molar-refractivity contribution is -0.385. The number of amides is 2. The zero-order valence-electron chi connectivity index (χ0n) is 18.1. The molecule has 174 valence electrons. The first-order valence-corrected chi connectivity index (χ1v) is 12.4. The Hall–Kier alpha value is -3.31. The number of piperazine rings is 1. The Morgan fingerprint density at radius 3 is 2.39 bits per heavy atom. The number of hydrogen-bond acceptors (Lipinski definition) is 7. The van der Waals surface area contributed by atoms with E-state index in [0.29, 0.717) is 32.7 Å². The summed E-state index contributed by atoms with van der Waals surface area (Å²) >= 11 is 0. The highest BCUT2D eigenvalue weighted by molar-refractivity contribution is 7.90. The number of nitro benzene ring substituents is 1. The number of rotatable bonds is 5. The van der Waals surface area contributed by atoms with Crippen molar-refractivity contribution >= 4 is 33.0 Å². The molecule has 0 bridgehead atoms. The molecule has 0 atom stereocenters. The molecule has 1 fully saturated rings. The normalized spacial score (nSPS) is 16.5. The summed E-state index contributed by atoms with van der Waals surface area (Å²) < 4.78 is 23.8. The maximum Gasteiger partial charge on any atom is 0.271 e. The van der Waals surface area contributed by atoms with Crippen molar-refractivity contribution < 1.29 is 22.9 Å². The van der Waals surface area contributed by atoms with Gasteiger partial charge in [-0.2, -0.15) is 0 Å². The zero-order chi connectivity index (χ0) is 23.8. The van der Waals surface area contributed by atoms with Gasteiger partial charge in [-0.15, -0.1) is 0 Å². The summed E-state index contributed by atoms with van der Waals surface area (Å²) in [6.07, 6.45) is 1.78. The predicted octanol–water partition coefficient (Wildman–Crippen LogP) is 1.35. The summed E-state index contributed by atoms with van der Waals surface area (Å²) in [5.41, 5.74) is 1.62. The van der Waals surface area contributed by atoms with E-state index in [-0.39, 0.29) is 22.9 Å². The molecule has 2 aliphatic heterocycles. The van der Waals surface area contributed by atoms with Crippen LogP contribution in [0.2, 0.25) is 0 Å². The molecular weight excluding hydrogens is 448 g/mol. The molecule has 2 aromatic carbocycles. The number of sulfone groups is 1. The monoisotopic (exact) mass is 472 g/mol. The van der Waals surface area contributed by atoms with E-state index in [0.717, 1.165) is 36.1 Å². The first-order valence-electron chi connectivity index (χ1n) is 10.5. The highest BCUT2D eigenvalue weighted by Crippen LogP contribution is 2.27. The van der Waals surface area contributed by atoms with Gasteiger partial charge in [0.15, 0.2) is 9.84 Å². The number of carbonyl (C=O) groups excluding carboxylic acids is 2. The maximum atomic E-state index is 12.9. The predicted molar refractivity (Wildman–Crippen MR) is 121 cm³/mol. The Bertz CT molecular complexity index is 1220. The summed E-state index contributed by atoms with van der Waals surface area (Å²) in [4.78, 5) is 41.3. The van der Waals surface area contributed by atoms with Crippen molar-refractivity contribution in [1.29, 1.82) is 0 Å². The van der Waals surface area contributed by atoms with Crippen LogP contribution in [0.5, 0.6) is 0 Å². The first-order chi connectivity index (χ1) is 15.6. The third-order valence-electron chi connectivity index (χ3n) is 5.98. The number of fused-ring (bicyclic) bond motifs is 1. The van der Waals surface area contributed by atoms with Crippen molar-refractivity contribution in [3.8, 4) is 0 Å². The van der Waals surface area contributed by atoms with Crippen molar-refractivity contribution in [1.82, 2.24) is 9.80 Å². The van der Waals surface area contributed by atoms with Crippen LogP contribution >= 0.6 is 0 Å². The minimum absolute atomic E-state index is 0.0104. The van der Waals surface area contributed by atoms with Crippen LogP contribution in [0.25, 0.3) is 0 Å². The number of anilines is 1. The van der Waals surface area contributed by atoms with E-state index >= 15 is 0 Å². The summed E-state index contributed by atoms with van der Waals surface area (Å²) in [5, 5.41) is 11.2. The van der Waals surface area contributed by atoms with Gasteiger partial charge in [-0.3, -0.25) is 24.6 Å². The second-order valence-corrected chi connectivity index (χ2v) is 10.3. The fourth-order valence-corrected chi connectivity index (χ4v) is 4.87. The molecule has 10 nitrogen and oxygen atoms in total. The van der Waals surface area contributed by atoms with E-state index in [2.05, 4.69) is 0 Å². The van der Waals surface area contributed by atoms with Gasteiger partial charge in [-0.05, 0) is 24.1 Å². The van der Waals surface area contributed by atoms with Crippen LogP contribution < -0.4 is 4.90 Å². The zero-order valence-corrected chi connectivity index (χ0v) is 19.0. The van der Waals surface area contributed by atoms with Gasteiger partial charge < -0.3 is 9.80 Å². The fraction of sp³-hybridized carbons (Fsp3) is 0.364. The van der Waals surface area contributed by atoms with E-state index in [1.54, 1.807) is 4.90 Å². The molecule has 0 unspecified atom stereocenters. The summed E-state index contributed by atoms with van der Waals surface area (Å²) in [7, 11) is -3.72. The highest BCUT2D eigenvalue weighted by Gasteiger charge is 2.29. The Morgan fingerprint density at radius 2 is 1.73 bits per heavy atom. The standard InChI is InChI=1S/C22H24N4O6S/c1-33(31,32)19-13-17(12-18(14-19)26(29)30)22(28)24-10-8-23(9-11-24)15-21(27)25-7-6-16-4-2-3-5-20(16)25/h2-5,12-14H,6-11,15H2,1H3. The van der Waals surface area contributed by atoms with Crippen molar-refractivity contribution in [2.45, 2.75) is 11.3 Å². The minimum Gasteiger partial charge on any atom is -0.336 e. The Labute approximate surface area is 191 Å². The molecule has 2 aromatic rings. The fourth-order valence-electron chi connectivity index (χ4n) is 4.19. The Kier molecular flexibility index (Phi) is 6.17. The topological polar surface area (TPSA) is 121 Å². The number of nitrogens with zero attached hydrogens (tertiary/aromatic N) is 4. The maximum absolute atomic E-state index is 12.9. The van der Waals surface area contributed by atoms with Gasteiger partial charge in [-0.1, -0.05) is 18.2 Å². The van der Waals surface area contributed by atoms with Crippen LogP contribution in [0.1, 0.15) is 15.9 Å². The summed E-state index contributed by atoms with van der Waals surface area (Å²) in [6, 6.07) is 11.1. The third-order valence-corrected chi connectivity index (χ3v) is 7.08. The van der Waals surface area contributed by atoms with Gasteiger partial charge in [0, 0.05) is 62.4 Å². The first kappa shape index (κ1) is 22.9. The molecule has 11 heteroatoms. The van der Waals surface area contributed by atoms with E-state index in [1.807, 2.05) is 29.2 Å². The van der Waals surface area contributed by atoms with Crippen LogP contribution in [0.3, 0.4) is 0 Å². The van der Waals surface area contributed by atoms with Gasteiger partial charge >= 0.3 is 0 Å². The number of para-hydroxylation sites is 1. The number of nitro groups is 1. The Balaban J connectivity index is 1.40. The van der Waals surface area contributed by atoms with Crippen LogP contribution in [-0.2, 0) is 21.1 Å². The molecular formula is C22H24N4O6S. The molecule has 0 aromatic heterocycles. The van der Waals surface area contributed by atoms with Gasteiger partial charge in [0.25, 0.3) is 11.6 Å². The van der Waals surface area contributed by atoms with E-state index in [4.69, 9.17) is 0 Å². The largest absolute Gasteiger partial charge is 0.336 e. The van der Waals surface area contributed by atoms with E-state index < -0.39 is 26.4 Å². The molecule has 4 rings (SSSR count). The summed E-state index contributed by atoms with van der Waals surface area (Å²) in [5.74, 6) is -0.459. The van der Waals surface area contributed by atoms with Crippen molar-refractivity contribution in [2.75, 3.05) is 50.4 Å². The van der Waals surface area contributed by atoms with Gasteiger partial charge in [0.1, 0.15) is 0 Å². The van der Waals surface area contributed by atoms with Crippen molar-refractivity contribution in [3.63, 3.8) is 0 Å². The summed E-state index contributed by atoms with van der Waals surface area (Å²) in [6.45, 7) is 2.51. The quantitative estimate of drug-likeness (QED) is 0.476. The molecule has 2 heterocycles. The molecule has 0 saturated carbocycles. The van der Waals surface area contributed by atoms with Crippen LogP contribution in [0, 0.1) is 10.1 Å². The molecule has 2 aliphatic rings. The van der Waals surface area contributed by atoms with E-state index in [9.17, 15) is 28.1 Å². The number of benzene rings is 2. The molecule has 0 aliphatic carbocycles. The van der Waals surface area contributed by atoms with E-state index in [1.165, 1.54) is 11.0 Å². The van der Waals surface area contributed by atoms with Crippen LogP contribution in [0.4, 0.5) is 11.4 Å². The molecule has 0 N–H and O–H groups in total. The van der Waals surface area contributed by atoms with Gasteiger partial charge in [0.05, 0.1) is 16.4 Å². The number of hydrogen-bond donors (Lipinski definition) is 0. The lowest BCUT2D eigenvalue weighted by atomic mass is 10.1. The number of carbonyl (C=O) groups is 2.